The number of hydrogen-bond acceptors (Lipinski definition) is 5. The van der Waals surface area contributed by atoms with E-state index < -0.39 is 0 Å². The lowest BCUT2D eigenvalue weighted by Gasteiger charge is -2.07. The fourth-order valence-electron chi connectivity index (χ4n) is 2.45. The predicted octanol–water partition coefficient (Wildman–Crippen LogP) is 2.94. The van der Waals surface area contributed by atoms with Crippen molar-refractivity contribution in [2.24, 2.45) is 0 Å². The van der Waals surface area contributed by atoms with Crippen LogP contribution in [0.2, 0.25) is 5.02 Å². The van der Waals surface area contributed by atoms with Gasteiger partial charge in [0.15, 0.2) is 0 Å². The molecule has 3 rings (SSSR count). The minimum atomic E-state index is -0.373. The van der Waals surface area contributed by atoms with Crippen LogP contribution < -0.4 is 14.8 Å². The van der Waals surface area contributed by atoms with Crippen LogP contribution in [0.3, 0.4) is 0 Å². The summed E-state index contributed by atoms with van der Waals surface area (Å²) in [5, 5.41) is 11.2. The summed E-state index contributed by atoms with van der Waals surface area (Å²) in [5.74, 6) is 0.361. The van der Waals surface area contributed by atoms with Crippen molar-refractivity contribution in [3.05, 3.63) is 59.5 Å². The third-order valence-corrected chi connectivity index (χ3v) is 4.08. The van der Waals surface area contributed by atoms with Crippen LogP contribution in [0.25, 0.3) is 11.3 Å². The van der Waals surface area contributed by atoms with E-state index in [2.05, 4.69) is 15.6 Å². The van der Waals surface area contributed by atoms with Gasteiger partial charge in [-0.1, -0.05) is 22.9 Å². The van der Waals surface area contributed by atoms with Gasteiger partial charge >= 0.3 is 0 Å². The molecule has 0 aliphatic carbocycles. The lowest BCUT2D eigenvalue weighted by atomic mass is 10.1. The average molecular weight is 405 g/mol. The highest BCUT2D eigenvalue weighted by Gasteiger charge is 2.10. The van der Waals surface area contributed by atoms with E-state index in [0.29, 0.717) is 22.2 Å². The van der Waals surface area contributed by atoms with Crippen LogP contribution in [0.5, 0.6) is 11.5 Å². The van der Waals surface area contributed by atoms with E-state index in [9.17, 15) is 9.18 Å². The minimum Gasteiger partial charge on any atom is -0.495 e. The van der Waals surface area contributed by atoms with Gasteiger partial charge in [0.2, 0.25) is 5.91 Å². The number of hydrogen-bond donors (Lipinski definition) is 1. The summed E-state index contributed by atoms with van der Waals surface area (Å²) in [5.41, 5.74) is 1.35. The summed E-state index contributed by atoms with van der Waals surface area (Å²) in [6.45, 7) is 0.518. The summed E-state index contributed by atoms with van der Waals surface area (Å²) in [6.07, 6.45) is 1.65. The van der Waals surface area contributed by atoms with Gasteiger partial charge in [0.1, 0.15) is 36.2 Å². The molecule has 0 aliphatic heterocycles. The molecule has 7 nitrogen and oxygen atoms in total. The summed E-state index contributed by atoms with van der Waals surface area (Å²) >= 11 is 6.12. The SMILES string of the molecule is COc1ccc(-c2cn(CC(=O)NCCOc3cccc(F)c3)nn2)cc1Cl. The molecular weight excluding hydrogens is 387 g/mol. The first-order valence-corrected chi connectivity index (χ1v) is 8.82. The number of nitrogens with one attached hydrogen (secondary N) is 1. The number of amides is 1. The fraction of sp³-hybridized carbons (Fsp3) is 0.211. The van der Waals surface area contributed by atoms with Crippen LogP contribution in [-0.2, 0) is 11.3 Å². The second-order valence-corrected chi connectivity index (χ2v) is 6.21. The number of ether oxygens (including phenoxy) is 2. The molecule has 0 fully saturated rings. The molecule has 1 aromatic heterocycles. The molecule has 146 valence electrons. The van der Waals surface area contributed by atoms with Gasteiger partial charge in [0.25, 0.3) is 0 Å². The molecule has 3 aromatic rings. The van der Waals surface area contributed by atoms with Crippen molar-refractivity contribution < 1.29 is 18.7 Å². The van der Waals surface area contributed by atoms with Crippen LogP contribution in [-0.4, -0.2) is 41.2 Å². The molecule has 1 heterocycles. The zero-order valence-corrected chi connectivity index (χ0v) is 15.8. The van der Waals surface area contributed by atoms with E-state index in [1.165, 1.54) is 16.8 Å². The van der Waals surface area contributed by atoms with Crippen molar-refractivity contribution in [3.8, 4) is 22.8 Å². The van der Waals surface area contributed by atoms with Crippen LogP contribution in [0, 0.1) is 5.82 Å². The van der Waals surface area contributed by atoms with E-state index in [1.807, 2.05) is 6.07 Å². The third kappa shape index (κ3) is 5.20. The van der Waals surface area contributed by atoms with E-state index in [-0.39, 0.29) is 31.4 Å². The number of carbonyl (C=O) groups excluding carboxylic acids is 1. The first-order chi connectivity index (χ1) is 13.5. The van der Waals surface area contributed by atoms with Gasteiger partial charge in [0.05, 0.1) is 24.9 Å². The standard InChI is InChI=1S/C19H18ClFN4O3/c1-27-18-6-5-13(9-16(18)20)17-11-25(24-23-17)12-19(26)22-7-8-28-15-4-2-3-14(21)10-15/h2-6,9-11H,7-8,12H2,1H3,(H,22,26). The molecule has 0 radical (unpaired) electrons. The molecule has 0 saturated carbocycles. The van der Waals surface area contributed by atoms with Gasteiger partial charge < -0.3 is 14.8 Å². The second-order valence-electron chi connectivity index (χ2n) is 5.81. The van der Waals surface area contributed by atoms with E-state index in [4.69, 9.17) is 21.1 Å². The maximum absolute atomic E-state index is 13.1. The van der Waals surface area contributed by atoms with Crippen molar-refractivity contribution in [2.45, 2.75) is 6.54 Å². The van der Waals surface area contributed by atoms with E-state index in [0.717, 1.165) is 5.56 Å². The van der Waals surface area contributed by atoms with E-state index in [1.54, 1.807) is 37.6 Å². The molecule has 1 amide bonds. The Morgan fingerprint density at radius 1 is 1.29 bits per heavy atom. The first-order valence-electron chi connectivity index (χ1n) is 8.44. The van der Waals surface area contributed by atoms with Gasteiger partial charge in [-0.05, 0) is 30.3 Å². The number of rotatable bonds is 8. The molecule has 2 aromatic carbocycles. The first kappa shape index (κ1) is 19.6. The molecule has 28 heavy (non-hydrogen) atoms. The topological polar surface area (TPSA) is 78.3 Å². The molecule has 0 atom stereocenters. The summed E-state index contributed by atoms with van der Waals surface area (Å²) in [4.78, 5) is 12.0. The van der Waals surface area contributed by atoms with Crippen LogP contribution in [0.1, 0.15) is 0 Å². The van der Waals surface area contributed by atoms with Gasteiger partial charge in [-0.3, -0.25) is 4.79 Å². The average Bonchev–Trinajstić information content (AvgIpc) is 3.13. The molecule has 9 heteroatoms. The van der Waals surface area contributed by atoms with Gasteiger partial charge in [-0.2, -0.15) is 0 Å². The summed E-state index contributed by atoms with van der Waals surface area (Å²) in [7, 11) is 1.54. The Kier molecular flexibility index (Phi) is 6.44. The molecule has 1 N–H and O–H groups in total. The number of nitrogens with zero attached hydrogens (tertiary/aromatic N) is 3. The zero-order chi connectivity index (χ0) is 19.9. The minimum absolute atomic E-state index is 0.0108. The van der Waals surface area contributed by atoms with E-state index >= 15 is 0 Å². The van der Waals surface area contributed by atoms with Crippen molar-refractivity contribution in [1.29, 1.82) is 0 Å². The van der Waals surface area contributed by atoms with Crippen molar-refractivity contribution in [2.75, 3.05) is 20.3 Å². The fourth-order valence-corrected chi connectivity index (χ4v) is 2.71. The number of halogens is 2. The maximum Gasteiger partial charge on any atom is 0.241 e. The smallest absolute Gasteiger partial charge is 0.241 e. The lowest BCUT2D eigenvalue weighted by molar-refractivity contribution is -0.121. The molecule has 0 bridgehead atoms. The largest absolute Gasteiger partial charge is 0.495 e. The Balaban J connectivity index is 1.48. The lowest BCUT2D eigenvalue weighted by Crippen LogP contribution is -2.31. The Bertz CT molecular complexity index is 964. The third-order valence-electron chi connectivity index (χ3n) is 3.78. The molecule has 0 saturated heterocycles. The number of methoxy groups -OCH3 is 1. The van der Waals surface area contributed by atoms with Crippen LogP contribution in [0.4, 0.5) is 4.39 Å². The predicted molar refractivity (Wildman–Crippen MR) is 102 cm³/mol. The number of benzene rings is 2. The highest BCUT2D eigenvalue weighted by Crippen LogP contribution is 2.29. The Hall–Kier alpha value is -3.13. The number of carbonyl (C=O) groups is 1. The van der Waals surface area contributed by atoms with Crippen molar-refractivity contribution in [1.82, 2.24) is 20.3 Å². The van der Waals surface area contributed by atoms with Crippen LogP contribution >= 0.6 is 11.6 Å². The normalized spacial score (nSPS) is 10.5. The summed E-state index contributed by atoms with van der Waals surface area (Å²) in [6, 6.07) is 11.1. The quantitative estimate of drug-likeness (QED) is 0.584. The van der Waals surface area contributed by atoms with Gasteiger partial charge in [0, 0.05) is 11.6 Å². The Morgan fingerprint density at radius 3 is 2.89 bits per heavy atom. The Morgan fingerprint density at radius 2 is 2.14 bits per heavy atom. The number of aromatic nitrogens is 3. The monoisotopic (exact) mass is 404 g/mol. The highest BCUT2D eigenvalue weighted by molar-refractivity contribution is 6.32. The van der Waals surface area contributed by atoms with Crippen molar-refractivity contribution >= 4 is 17.5 Å². The van der Waals surface area contributed by atoms with Gasteiger partial charge in [-0.15, -0.1) is 5.10 Å². The van der Waals surface area contributed by atoms with Crippen LogP contribution in [0.15, 0.2) is 48.7 Å². The molecule has 0 spiro atoms. The molecular formula is C19H18ClFN4O3. The maximum atomic E-state index is 13.1. The molecule has 0 aliphatic rings. The zero-order valence-electron chi connectivity index (χ0n) is 15.1. The molecule has 0 unspecified atom stereocenters. The Labute approximate surface area is 166 Å². The van der Waals surface area contributed by atoms with Crippen molar-refractivity contribution in [3.63, 3.8) is 0 Å². The second kappa shape index (κ2) is 9.18. The van der Waals surface area contributed by atoms with Gasteiger partial charge in [-0.25, -0.2) is 9.07 Å². The summed E-state index contributed by atoms with van der Waals surface area (Å²) < 4.78 is 25.0. The highest BCUT2D eigenvalue weighted by atomic mass is 35.5.